The van der Waals surface area contributed by atoms with Crippen molar-refractivity contribution in [1.29, 1.82) is 0 Å². The summed E-state index contributed by atoms with van der Waals surface area (Å²) in [5, 5.41) is -0.244. The van der Waals surface area contributed by atoms with E-state index in [0.717, 1.165) is 9.87 Å². The van der Waals surface area contributed by atoms with Crippen LogP contribution in [0, 0.1) is 6.92 Å². The van der Waals surface area contributed by atoms with Crippen molar-refractivity contribution < 1.29 is 13.2 Å². The molecule has 0 radical (unpaired) electrons. The van der Waals surface area contributed by atoms with Crippen molar-refractivity contribution >= 4 is 38.5 Å². The second-order valence-corrected chi connectivity index (χ2v) is 8.62. The first-order valence-corrected chi connectivity index (χ1v) is 10.2. The van der Waals surface area contributed by atoms with E-state index in [1.54, 1.807) is 24.3 Å². The summed E-state index contributed by atoms with van der Waals surface area (Å²) in [4.78, 5) is 17.2. The van der Waals surface area contributed by atoms with E-state index in [0.29, 0.717) is 12.1 Å². The Morgan fingerprint density at radius 3 is 2.32 bits per heavy atom. The highest BCUT2D eigenvalue weighted by Gasteiger charge is 2.44. The minimum atomic E-state index is -3.98. The van der Waals surface area contributed by atoms with Gasteiger partial charge in [-0.1, -0.05) is 54.6 Å². The monoisotopic (exact) mass is 374 g/mol. The van der Waals surface area contributed by atoms with Crippen molar-refractivity contribution in [2.24, 2.45) is 4.99 Å². The molecule has 1 saturated heterocycles. The predicted molar refractivity (Wildman–Crippen MR) is 100 cm³/mol. The number of hydrogen-bond acceptors (Lipinski definition) is 5. The van der Waals surface area contributed by atoms with E-state index in [1.165, 1.54) is 23.9 Å². The van der Waals surface area contributed by atoms with Gasteiger partial charge in [-0.3, -0.25) is 4.79 Å². The van der Waals surface area contributed by atoms with E-state index in [-0.39, 0.29) is 10.1 Å². The molecule has 3 rings (SSSR count). The molecule has 0 aliphatic carbocycles. The lowest BCUT2D eigenvalue weighted by molar-refractivity contribution is -0.122. The van der Waals surface area contributed by atoms with Gasteiger partial charge in [0.1, 0.15) is 0 Å². The molecule has 5 nitrogen and oxygen atoms in total. The van der Waals surface area contributed by atoms with Gasteiger partial charge in [0.2, 0.25) is 0 Å². The number of thioether (sulfide) groups is 1. The number of amidine groups is 1. The largest absolute Gasteiger partial charge is 0.272 e. The summed E-state index contributed by atoms with van der Waals surface area (Å²) in [5.41, 5.74) is 1.56. The molecule has 0 saturated carbocycles. The number of amides is 1. The second-order valence-electron chi connectivity index (χ2n) is 5.67. The van der Waals surface area contributed by atoms with Crippen LogP contribution in [0.5, 0.6) is 0 Å². The van der Waals surface area contributed by atoms with Crippen molar-refractivity contribution in [2.75, 3.05) is 0 Å². The van der Waals surface area contributed by atoms with Crippen LogP contribution in [0.3, 0.4) is 0 Å². The highest BCUT2D eigenvalue weighted by molar-refractivity contribution is 8.17. The van der Waals surface area contributed by atoms with Crippen LogP contribution in [-0.4, -0.2) is 29.0 Å². The van der Waals surface area contributed by atoms with Crippen molar-refractivity contribution in [3.63, 3.8) is 0 Å². The number of carbonyl (C=O) groups is 1. The molecule has 2 aromatic rings. The number of nitrogens with zero attached hydrogens (tertiary/aromatic N) is 2. The van der Waals surface area contributed by atoms with Crippen LogP contribution in [-0.2, 0) is 14.8 Å². The van der Waals surface area contributed by atoms with E-state index < -0.39 is 21.2 Å². The van der Waals surface area contributed by atoms with Crippen LogP contribution in [0.1, 0.15) is 18.9 Å². The van der Waals surface area contributed by atoms with Gasteiger partial charge >= 0.3 is 0 Å². The number of hydrogen-bond donors (Lipinski definition) is 0. The Bertz CT molecular complexity index is 907. The molecule has 0 aromatic heterocycles. The maximum absolute atomic E-state index is 13.0. The van der Waals surface area contributed by atoms with Gasteiger partial charge in [-0.25, -0.2) is 13.4 Å². The molecular weight excluding hydrogens is 356 g/mol. The van der Waals surface area contributed by atoms with E-state index >= 15 is 0 Å². The lowest BCUT2D eigenvalue weighted by atomic mass is 10.2. The third kappa shape index (κ3) is 3.48. The maximum atomic E-state index is 13.0. The number of rotatable bonds is 4. The molecule has 1 aliphatic heterocycles. The van der Waals surface area contributed by atoms with Crippen LogP contribution in [0.15, 0.2) is 64.5 Å². The third-order valence-electron chi connectivity index (χ3n) is 3.81. The number of para-hydroxylation sites is 1. The molecule has 0 bridgehead atoms. The predicted octanol–water partition coefficient (Wildman–Crippen LogP) is 3.73. The van der Waals surface area contributed by atoms with E-state index in [1.807, 2.05) is 32.0 Å². The molecular formula is C18H18N2O3S2. The summed E-state index contributed by atoms with van der Waals surface area (Å²) in [7, 11) is -3.98. The Balaban J connectivity index is 2.07. The Morgan fingerprint density at radius 2 is 1.72 bits per heavy atom. The summed E-state index contributed by atoms with van der Waals surface area (Å²) in [6, 6.07) is 15.5. The van der Waals surface area contributed by atoms with Crippen LogP contribution in [0.4, 0.5) is 5.69 Å². The summed E-state index contributed by atoms with van der Waals surface area (Å²) in [6.07, 6.45) is 0.539. The molecule has 2 aromatic carbocycles. The normalized spacial score (nSPS) is 19.6. The number of aryl methyl sites for hydroxylation is 1. The molecule has 7 heteroatoms. The minimum Gasteiger partial charge on any atom is -0.272 e. The fraction of sp³-hybridized carbons (Fsp3) is 0.222. The fourth-order valence-electron chi connectivity index (χ4n) is 2.43. The van der Waals surface area contributed by atoms with Gasteiger partial charge in [-0.05, 0) is 37.6 Å². The molecule has 0 unspecified atom stereocenters. The fourth-order valence-corrected chi connectivity index (χ4v) is 5.19. The van der Waals surface area contributed by atoms with Crippen LogP contribution in [0.25, 0.3) is 0 Å². The van der Waals surface area contributed by atoms with E-state index in [9.17, 15) is 13.2 Å². The number of sulfonamides is 1. The summed E-state index contributed by atoms with van der Waals surface area (Å²) < 4.78 is 26.9. The van der Waals surface area contributed by atoms with Crippen molar-refractivity contribution in [1.82, 2.24) is 4.31 Å². The SMILES string of the molecule is CC[C@@H]1SC(=Nc2ccccc2)N(S(=O)(=O)c2ccc(C)cc2)C1=O. The number of aliphatic imine (C=N–C) groups is 1. The van der Waals surface area contributed by atoms with Crippen molar-refractivity contribution in [3.05, 3.63) is 60.2 Å². The topological polar surface area (TPSA) is 66.8 Å². The van der Waals surface area contributed by atoms with Crippen molar-refractivity contribution in [3.8, 4) is 0 Å². The molecule has 0 spiro atoms. The molecule has 130 valence electrons. The van der Waals surface area contributed by atoms with Gasteiger partial charge in [-0.15, -0.1) is 0 Å². The van der Waals surface area contributed by atoms with Gasteiger partial charge < -0.3 is 0 Å². The highest BCUT2D eigenvalue weighted by Crippen LogP contribution is 2.35. The van der Waals surface area contributed by atoms with Crippen LogP contribution >= 0.6 is 11.8 Å². The zero-order chi connectivity index (χ0) is 18.0. The molecule has 0 N–H and O–H groups in total. The van der Waals surface area contributed by atoms with Crippen LogP contribution < -0.4 is 0 Å². The van der Waals surface area contributed by atoms with Crippen molar-refractivity contribution in [2.45, 2.75) is 30.4 Å². The van der Waals surface area contributed by atoms with Gasteiger partial charge in [0, 0.05) is 0 Å². The Morgan fingerprint density at radius 1 is 1.08 bits per heavy atom. The van der Waals surface area contributed by atoms with E-state index in [4.69, 9.17) is 0 Å². The zero-order valence-corrected chi connectivity index (χ0v) is 15.5. The number of benzene rings is 2. The highest BCUT2D eigenvalue weighted by atomic mass is 32.2. The van der Waals surface area contributed by atoms with E-state index in [2.05, 4.69) is 4.99 Å². The number of carbonyl (C=O) groups excluding carboxylic acids is 1. The second kappa shape index (κ2) is 7.01. The smallest absolute Gasteiger partial charge is 0.272 e. The first-order valence-electron chi connectivity index (χ1n) is 7.89. The molecule has 25 heavy (non-hydrogen) atoms. The Hall–Kier alpha value is -2.12. The standard InChI is InChI=1S/C18H18N2O3S2/c1-3-16-17(21)20(18(24-16)19-14-7-5-4-6-8-14)25(22,23)15-11-9-13(2)10-12-15/h4-12,16H,3H2,1-2H3/t16-/m0/s1. The summed E-state index contributed by atoms with van der Waals surface area (Å²) in [6.45, 7) is 3.74. The first-order chi connectivity index (χ1) is 11.9. The zero-order valence-electron chi connectivity index (χ0n) is 13.9. The Labute approximate surface area is 151 Å². The van der Waals surface area contributed by atoms with Gasteiger partial charge in [0.15, 0.2) is 5.17 Å². The van der Waals surface area contributed by atoms with Gasteiger partial charge in [0.05, 0.1) is 15.8 Å². The lowest BCUT2D eigenvalue weighted by Gasteiger charge is -2.17. The quantitative estimate of drug-likeness (QED) is 0.818. The van der Waals surface area contributed by atoms with Gasteiger partial charge in [-0.2, -0.15) is 4.31 Å². The minimum absolute atomic E-state index is 0.0876. The lowest BCUT2D eigenvalue weighted by Crippen LogP contribution is -2.37. The maximum Gasteiger partial charge on any atom is 0.272 e. The third-order valence-corrected chi connectivity index (χ3v) is 6.93. The average molecular weight is 374 g/mol. The van der Waals surface area contributed by atoms with Crippen LogP contribution in [0.2, 0.25) is 0 Å². The molecule has 1 atom stereocenters. The summed E-state index contributed by atoms with van der Waals surface area (Å²) in [5.74, 6) is -0.442. The molecule has 1 fully saturated rings. The summed E-state index contributed by atoms with van der Waals surface area (Å²) >= 11 is 1.19. The van der Waals surface area contributed by atoms with Gasteiger partial charge in [0.25, 0.3) is 15.9 Å². The molecule has 1 aliphatic rings. The average Bonchev–Trinajstić information content (AvgIpc) is 2.92. The molecule has 1 amide bonds. The Kier molecular flexibility index (Phi) is 4.96. The molecule has 1 heterocycles. The first kappa shape index (κ1) is 17.7.